The second kappa shape index (κ2) is 5.13. The van der Waals surface area contributed by atoms with Crippen LogP contribution >= 0.6 is 22.9 Å². The first kappa shape index (κ1) is 14.0. The molecule has 2 N–H and O–H groups in total. The normalized spacial score (nSPS) is 11.0. The Kier molecular flexibility index (Phi) is 3.43. The van der Waals surface area contributed by atoms with Gasteiger partial charge in [-0.25, -0.2) is 9.37 Å². The molecule has 2 heterocycles. The number of rotatable bonds is 2. The van der Waals surface area contributed by atoms with Crippen molar-refractivity contribution in [1.29, 1.82) is 0 Å². The van der Waals surface area contributed by atoms with Crippen LogP contribution in [0.5, 0.6) is 0 Å². The van der Waals surface area contributed by atoms with Crippen molar-refractivity contribution in [2.45, 2.75) is 13.8 Å². The largest absolute Gasteiger partial charge is 0.367 e. The Morgan fingerprint density at radius 1 is 1.33 bits per heavy atom. The van der Waals surface area contributed by atoms with E-state index in [4.69, 9.17) is 21.9 Å². The molecule has 3 rings (SSSR count). The fraction of sp³-hybridized carbons (Fsp3) is 0.143. The van der Waals surface area contributed by atoms with Gasteiger partial charge < -0.3 is 10.3 Å². The van der Waals surface area contributed by atoms with E-state index in [1.54, 1.807) is 12.1 Å². The number of nitrogens with two attached hydrogens (primary N) is 1. The molecule has 3 aromatic rings. The third kappa shape index (κ3) is 2.30. The minimum atomic E-state index is -0.547. The maximum Gasteiger partial charge on any atom is 0.230 e. The molecule has 0 saturated heterocycles. The summed E-state index contributed by atoms with van der Waals surface area (Å²) in [6, 6.07) is 4.73. The molecule has 2 aromatic heterocycles. The fourth-order valence-corrected chi connectivity index (χ4v) is 3.25. The molecule has 0 aliphatic heterocycles. The van der Waals surface area contributed by atoms with Gasteiger partial charge in [0.2, 0.25) is 5.88 Å². The molecule has 108 valence electrons. The van der Waals surface area contributed by atoms with E-state index in [1.807, 2.05) is 13.8 Å². The maximum absolute atomic E-state index is 14.3. The van der Waals surface area contributed by atoms with Gasteiger partial charge in [0.05, 0.1) is 26.2 Å². The molecule has 21 heavy (non-hydrogen) atoms. The van der Waals surface area contributed by atoms with Gasteiger partial charge in [-0.1, -0.05) is 28.9 Å². The van der Waals surface area contributed by atoms with Gasteiger partial charge in [0.1, 0.15) is 11.5 Å². The first-order chi connectivity index (χ1) is 9.99. The third-order valence-corrected chi connectivity index (χ3v) is 4.43. The topological polar surface area (TPSA) is 64.9 Å². The summed E-state index contributed by atoms with van der Waals surface area (Å²) in [5.41, 5.74) is 7.79. The van der Waals surface area contributed by atoms with Gasteiger partial charge in [0.15, 0.2) is 0 Å². The summed E-state index contributed by atoms with van der Waals surface area (Å²) < 4.78 is 19.3. The molecular formula is C14H11ClFN3OS. The van der Waals surface area contributed by atoms with Crippen molar-refractivity contribution in [3.05, 3.63) is 39.7 Å². The van der Waals surface area contributed by atoms with E-state index in [0.29, 0.717) is 11.3 Å². The Morgan fingerprint density at radius 3 is 2.76 bits per heavy atom. The summed E-state index contributed by atoms with van der Waals surface area (Å²) in [5.74, 6) is -0.495. The minimum absolute atomic E-state index is 0.0243. The zero-order valence-electron chi connectivity index (χ0n) is 11.3. The summed E-state index contributed by atoms with van der Waals surface area (Å²) in [7, 11) is 0. The van der Waals surface area contributed by atoms with Gasteiger partial charge in [-0.15, -0.1) is 11.3 Å². The predicted octanol–water partition coefficient (Wildman–Crippen LogP) is 4.46. The summed E-state index contributed by atoms with van der Waals surface area (Å²) >= 11 is 7.30. The second-order valence-electron chi connectivity index (χ2n) is 4.52. The van der Waals surface area contributed by atoms with E-state index in [-0.39, 0.29) is 16.5 Å². The van der Waals surface area contributed by atoms with Gasteiger partial charge in [-0.3, -0.25) is 0 Å². The molecule has 0 aliphatic rings. The molecule has 7 heteroatoms. The van der Waals surface area contributed by atoms with Crippen LogP contribution in [0.15, 0.2) is 22.7 Å². The number of hydrogen-bond donors (Lipinski definition) is 1. The number of benzene rings is 1. The smallest absolute Gasteiger partial charge is 0.230 e. The Morgan fingerprint density at radius 2 is 2.10 bits per heavy atom. The predicted molar refractivity (Wildman–Crippen MR) is 81.9 cm³/mol. The van der Waals surface area contributed by atoms with Crippen LogP contribution in [0.4, 0.5) is 10.3 Å². The maximum atomic E-state index is 14.3. The number of nitrogens with zero attached hydrogens (tertiary/aromatic N) is 2. The van der Waals surface area contributed by atoms with Crippen molar-refractivity contribution in [2.75, 3.05) is 5.73 Å². The Labute approximate surface area is 129 Å². The molecule has 0 unspecified atom stereocenters. The number of thiazole rings is 1. The molecule has 4 nitrogen and oxygen atoms in total. The van der Waals surface area contributed by atoms with Crippen LogP contribution in [0.25, 0.3) is 21.7 Å². The Bertz CT molecular complexity index is 828. The standard InChI is InChI=1S/C14H11ClFN3OS/c1-6-13(21-7(2)18-6)12-10(14(17)20-19-12)8-4-3-5-9(15)11(8)16/h3-5H,17H2,1-2H3. The average Bonchev–Trinajstić information content (AvgIpc) is 2.96. The molecule has 0 amide bonds. The third-order valence-electron chi connectivity index (χ3n) is 3.06. The Balaban J connectivity index is 2.27. The average molecular weight is 324 g/mol. The van der Waals surface area contributed by atoms with Gasteiger partial charge >= 0.3 is 0 Å². The van der Waals surface area contributed by atoms with E-state index in [9.17, 15) is 4.39 Å². The lowest BCUT2D eigenvalue weighted by Gasteiger charge is -2.04. The highest BCUT2D eigenvalue weighted by Gasteiger charge is 2.24. The van der Waals surface area contributed by atoms with Gasteiger partial charge in [0, 0.05) is 5.56 Å². The molecule has 0 atom stereocenters. The molecule has 0 spiro atoms. The molecule has 0 radical (unpaired) electrons. The summed E-state index contributed by atoms with van der Waals surface area (Å²) in [6.45, 7) is 3.76. The highest BCUT2D eigenvalue weighted by Crippen LogP contribution is 2.41. The van der Waals surface area contributed by atoms with Gasteiger partial charge in [0.25, 0.3) is 0 Å². The summed E-state index contributed by atoms with van der Waals surface area (Å²) in [5, 5.41) is 4.88. The van der Waals surface area contributed by atoms with E-state index in [0.717, 1.165) is 15.6 Å². The van der Waals surface area contributed by atoms with Crippen molar-refractivity contribution >= 4 is 28.8 Å². The monoisotopic (exact) mass is 323 g/mol. The van der Waals surface area contributed by atoms with Gasteiger partial charge in [-0.05, 0) is 19.9 Å². The van der Waals surface area contributed by atoms with Crippen LogP contribution in [-0.4, -0.2) is 10.1 Å². The lowest BCUT2D eigenvalue weighted by atomic mass is 10.0. The number of anilines is 1. The fourth-order valence-electron chi connectivity index (χ4n) is 2.17. The summed E-state index contributed by atoms with van der Waals surface area (Å²) in [6.07, 6.45) is 0. The first-order valence-electron chi connectivity index (χ1n) is 6.13. The quantitative estimate of drug-likeness (QED) is 0.756. The molecule has 0 fully saturated rings. The molecule has 0 bridgehead atoms. The van der Waals surface area contributed by atoms with Gasteiger partial charge in [-0.2, -0.15) is 0 Å². The van der Waals surface area contributed by atoms with Crippen molar-refractivity contribution < 1.29 is 8.91 Å². The van der Waals surface area contributed by atoms with E-state index in [1.165, 1.54) is 17.4 Å². The number of aromatic nitrogens is 2. The Hall–Kier alpha value is -1.92. The molecule has 1 aromatic carbocycles. The van der Waals surface area contributed by atoms with Crippen molar-refractivity contribution in [2.24, 2.45) is 0 Å². The number of halogens is 2. The molecule has 0 aliphatic carbocycles. The molecule has 0 saturated carbocycles. The summed E-state index contributed by atoms with van der Waals surface area (Å²) in [4.78, 5) is 5.16. The van der Waals surface area contributed by atoms with Crippen LogP contribution < -0.4 is 5.73 Å². The zero-order valence-corrected chi connectivity index (χ0v) is 12.8. The van der Waals surface area contributed by atoms with Crippen LogP contribution in [0, 0.1) is 19.7 Å². The molecular weight excluding hydrogens is 313 g/mol. The number of nitrogen functional groups attached to an aromatic ring is 1. The minimum Gasteiger partial charge on any atom is -0.367 e. The SMILES string of the molecule is Cc1nc(C)c(-c2noc(N)c2-c2cccc(Cl)c2F)s1. The van der Waals surface area contributed by atoms with Crippen LogP contribution in [-0.2, 0) is 0 Å². The highest BCUT2D eigenvalue weighted by molar-refractivity contribution is 7.15. The lowest BCUT2D eigenvalue weighted by molar-refractivity contribution is 0.439. The highest BCUT2D eigenvalue weighted by atomic mass is 35.5. The zero-order chi connectivity index (χ0) is 15.1. The van der Waals surface area contributed by atoms with E-state index < -0.39 is 5.82 Å². The van der Waals surface area contributed by atoms with Crippen LogP contribution in [0.1, 0.15) is 10.7 Å². The van der Waals surface area contributed by atoms with E-state index in [2.05, 4.69) is 10.1 Å². The van der Waals surface area contributed by atoms with Crippen LogP contribution in [0.3, 0.4) is 0 Å². The van der Waals surface area contributed by atoms with Crippen molar-refractivity contribution in [1.82, 2.24) is 10.1 Å². The van der Waals surface area contributed by atoms with Crippen LogP contribution in [0.2, 0.25) is 5.02 Å². The van der Waals surface area contributed by atoms with Crippen molar-refractivity contribution in [3.63, 3.8) is 0 Å². The van der Waals surface area contributed by atoms with E-state index >= 15 is 0 Å². The van der Waals surface area contributed by atoms with Crippen molar-refractivity contribution in [3.8, 4) is 21.7 Å². The number of hydrogen-bond acceptors (Lipinski definition) is 5. The lowest BCUT2D eigenvalue weighted by Crippen LogP contribution is -1.91. The second-order valence-corrected chi connectivity index (χ2v) is 6.13. The first-order valence-corrected chi connectivity index (χ1v) is 7.32. The number of aryl methyl sites for hydroxylation is 2.